The van der Waals surface area contributed by atoms with Gasteiger partial charge in [-0.05, 0) is 42.6 Å². The Hall–Kier alpha value is -2.13. The summed E-state index contributed by atoms with van der Waals surface area (Å²) in [6, 6.07) is 17.1. The third-order valence-corrected chi connectivity index (χ3v) is 4.54. The van der Waals surface area contributed by atoms with Crippen LogP contribution in [0.1, 0.15) is 23.4 Å². The first-order chi connectivity index (χ1) is 10.9. The number of hydrogen-bond acceptors (Lipinski definition) is 2. The third kappa shape index (κ3) is 2.77. The maximum atomic E-state index is 4.66. The van der Waals surface area contributed by atoms with Crippen molar-refractivity contribution < 1.29 is 0 Å². The molecule has 0 unspecified atom stereocenters. The Balaban J connectivity index is 1.34. The smallest absolute Gasteiger partial charge is 0.107 e. The van der Waals surface area contributed by atoms with E-state index < -0.39 is 0 Å². The van der Waals surface area contributed by atoms with Gasteiger partial charge in [-0.2, -0.15) is 0 Å². The van der Waals surface area contributed by atoms with E-state index in [1.165, 1.54) is 24.1 Å². The third-order valence-electron chi connectivity index (χ3n) is 4.54. The van der Waals surface area contributed by atoms with Crippen molar-refractivity contribution >= 4 is 11.0 Å². The fourth-order valence-corrected chi connectivity index (χ4v) is 3.34. The van der Waals surface area contributed by atoms with Crippen molar-refractivity contribution in [2.75, 3.05) is 13.1 Å². The second-order valence-corrected chi connectivity index (χ2v) is 6.10. The molecule has 0 spiro atoms. The van der Waals surface area contributed by atoms with Crippen molar-refractivity contribution in [1.29, 1.82) is 0 Å². The monoisotopic (exact) mass is 291 g/mol. The van der Waals surface area contributed by atoms with Gasteiger partial charge in [0.05, 0.1) is 11.0 Å². The number of nitrogens with zero attached hydrogens (tertiary/aromatic N) is 2. The molecule has 1 aromatic heterocycles. The molecule has 2 heterocycles. The predicted octanol–water partition coefficient (Wildman–Crippen LogP) is 3.55. The Morgan fingerprint density at radius 2 is 1.82 bits per heavy atom. The summed E-state index contributed by atoms with van der Waals surface area (Å²) in [7, 11) is 0. The molecule has 22 heavy (non-hydrogen) atoms. The zero-order chi connectivity index (χ0) is 14.8. The molecular formula is C19H21N3. The van der Waals surface area contributed by atoms with Crippen LogP contribution in [-0.2, 0) is 19.4 Å². The van der Waals surface area contributed by atoms with Crippen LogP contribution in [0.2, 0.25) is 0 Å². The summed E-state index contributed by atoms with van der Waals surface area (Å²) in [5.74, 6) is 1.11. The molecular weight excluding hydrogens is 270 g/mol. The summed E-state index contributed by atoms with van der Waals surface area (Å²) >= 11 is 0. The normalized spacial score (nSPS) is 15.1. The molecule has 3 aromatic rings. The minimum absolute atomic E-state index is 1.02. The number of aromatic amines is 1. The van der Waals surface area contributed by atoms with Gasteiger partial charge < -0.3 is 4.98 Å². The number of hydrogen-bond donors (Lipinski definition) is 1. The van der Waals surface area contributed by atoms with Gasteiger partial charge in [0.1, 0.15) is 5.82 Å². The largest absolute Gasteiger partial charge is 0.342 e. The molecule has 1 aliphatic rings. The van der Waals surface area contributed by atoms with Crippen LogP contribution in [0.15, 0.2) is 48.5 Å². The molecule has 0 amide bonds. The molecule has 0 aliphatic carbocycles. The summed E-state index contributed by atoms with van der Waals surface area (Å²) in [6.45, 7) is 3.42. The van der Waals surface area contributed by atoms with Gasteiger partial charge in [-0.25, -0.2) is 4.98 Å². The SMILES string of the molecule is c1ccc2c(c1)CCN(CCCc1nc3ccccc3[nH]1)C2. The first kappa shape index (κ1) is 13.5. The van der Waals surface area contributed by atoms with E-state index in [0.717, 1.165) is 42.8 Å². The van der Waals surface area contributed by atoms with E-state index >= 15 is 0 Å². The standard InChI is InChI=1S/C19H21N3/c1-2-7-16-14-22(13-11-15(16)6-1)12-5-10-19-20-17-8-3-4-9-18(17)21-19/h1-4,6-9H,5,10-14H2,(H,20,21). The van der Waals surface area contributed by atoms with Crippen molar-refractivity contribution in [2.45, 2.75) is 25.8 Å². The second-order valence-electron chi connectivity index (χ2n) is 6.10. The molecule has 0 bridgehead atoms. The molecule has 0 atom stereocenters. The van der Waals surface area contributed by atoms with Gasteiger partial charge in [-0.3, -0.25) is 4.90 Å². The van der Waals surface area contributed by atoms with E-state index in [0.29, 0.717) is 0 Å². The molecule has 1 aliphatic heterocycles. The van der Waals surface area contributed by atoms with Crippen LogP contribution in [0.25, 0.3) is 11.0 Å². The molecule has 0 radical (unpaired) electrons. The van der Waals surface area contributed by atoms with Gasteiger partial charge in [0.25, 0.3) is 0 Å². The average molecular weight is 291 g/mol. The molecule has 3 heteroatoms. The quantitative estimate of drug-likeness (QED) is 0.797. The summed E-state index contributed by atoms with van der Waals surface area (Å²) in [5, 5.41) is 0. The minimum atomic E-state index is 1.02. The Bertz CT molecular complexity index is 742. The summed E-state index contributed by atoms with van der Waals surface area (Å²) in [6.07, 6.45) is 3.36. The van der Waals surface area contributed by atoms with Gasteiger partial charge >= 0.3 is 0 Å². The van der Waals surface area contributed by atoms with E-state index in [1.807, 2.05) is 6.07 Å². The first-order valence-corrected chi connectivity index (χ1v) is 8.11. The molecule has 0 fully saturated rings. The fourth-order valence-electron chi connectivity index (χ4n) is 3.34. The van der Waals surface area contributed by atoms with Crippen molar-refractivity contribution in [1.82, 2.24) is 14.9 Å². The Morgan fingerprint density at radius 1 is 1.00 bits per heavy atom. The number of fused-ring (bicyclic) bond motifs is 2. The average Bonchev–Trinajstić information content (AvgIpc) is 2.97. The fraction of sp³-hybridized carbons (Fsp3) is 0.316. The second kappa shape index (κ2) is 5.93. The van der Waals surface area contributed by atoms with Crippen LogP contribution in [0.5, 0.6) is 0 Å². The lowest BCUT2D eigenvalue weighted by Gasteiger charge is -2.28. The highest BCUT2D eigenvalue weighted by Gasteiger charge is 2.15. The van der Waals surface area contributed by atoms with Crippen LogP contribution < -0.4 is 0 Å². The zero-order valence-corrected chi connectivity index (χ0v) is 12.8. The highest BCUT2D eigenvalue weighted by Crippen LogP contribution is 2.19. The predicted molar refractivity (Wildman–Crippen MR) is 89.8 cm³/mol. The number of rotatable bonds is 4. The lowest BCUT2D eigenvalue weighted by atomic mass is 10.00. The lowest BCUT2D eigenvalue weighted by Crippen LogP contribution is -2.31. The van der Waals surface area contributed by atoms with Crippen LogP contribution in [0.4, 0.5) is 0 Å². The summed E-state index contributed by atoms with van der Waals surface area (Å²) in [4.78, 5) is 10.6. The van der Waals surface area contributed by atoms with Crippen LogP contribution >= 0.6 is 0 Å². The van der Waals surface area contributed by atoms with Crippen molar-refractivity contribution in [2.24, 2.45) is 0 Å². The summed E-state index contributed by atoms with van der Waals surface area (Å²) in [5.41, 5.74) is 5.24. The Labute approximate surface area is 131 Å². The van der Waals surface area contributed by atoms with E-state index in [1.54, 1.807) is 0 Å². The Kier molecular flexibility index (Phi) is 3.65. The van der Waals surface area contributed by atoms with Crippen molar-refractivity contribution in [3.63, 3.8) is 0 Å². The number of nitrogens with one attached hydrogen (secondary N) is 1. The maximum absolute atomic E-state index is 4.66. The maximum Gasteiger partial charge on any atom is 0.107 e. The molecule has 1 N–H and O–H groups in total. The highest BCUT2D eigenvalue weighted by atomic mass is 15.1. The topological polar surface area (TPSA) is 31.9 Å². The number of imidazole rings is 1. The van der Waals surface area contributed by atoms with E-state index in [-0.39, 0.29) is 0 Å². The van der Waals surface area contributed by atoms with Crippen molar-refractivity contribution in [3.05, 3.63) is 65.5 Å². The zero-order valence-electron chi connectivity index (χ0n) is 12.8. The lowest BCUT2D eigenvalue weighted by molar-refractivity contribution is 0.251. The van der Waals surface area contributed by atoms with Crippen LogP contribution in [0, 0.1) is 0 Å². The van der Waals surface area contributed by atoms with Crippen LogP contribution in [0.3, 0.4) is 0 Å². The van der Waals surface area contributed by atoms with Gasteiger partial charge in [-0.1, -0.05) is 36.4 Å². The van der Waals surface area contributed by atoms with Gasteiger partial charge in [0, 0.05) is 19.5 Å². The van der Waals surface area contributed by atoms with E-state index in [2.05, 4.69) is 57.3 Å². The molecule has 2 aromatic carbocycles. The van der Waals surface area contributed by atoms with Gasteiger partial charge in [0.2, 0.25) is 0 Å². The van der Waals surface area contributed by atoms with Gasteiger partial charge in [0.15, 0.2) is 0 Å². The first-order valence-electron chi connectivity index (χ1n) is 8.11. The molecule has 0 saturated heterocycles. The molecule has 112 valence electrons. The van der Waals surface area contributed by atoms with Crippen molar-refractivity contribution in [3.8, 4) is 0 Å². The highest BCUT2D eigenvalue weighted by molar-refractivity contribution is 5.74. The number of H-pyrrole nitrogens is 1. The molecule has 3 nitrogen and oxygen atoms in total. The van der Waals surface area contributed by atoms with E-state index in [4.69, 9.17) is 0 Å². The number of aromatic nitrogens is 2. The van der Waals surface area contributed by atoms with Crippen LogP contribution in [-0.4, -0.2) is 28.0 Å². The molecule has 4 rings (SSSR count). The Morgan fingerprint density at radius 3 is 2.73 bits per heavy atom. The van der Waals surface area contributed by atoms with Gasteiger partial charge in [-0.15, -0.1) is 0 Å². The number of benzene rings is 2. The number of para-hydroxylation sites is 2. The minimum Gasteiger partial charge on any atom is -0.342 e. The molecule has 0 saturated carbocycles. The van der Waals surface area contributed by atoms with E-state index in [9.17, 15) is 0 Å². The number of aryl methyl sites for hydroxylation is 1. The summed E-state index contributed by atoms with van der Waals surface area (Å²) < 4.78 is 0.